The molecule has 1 heterocycles. The van der Waals surface area contributed by atoms with Gasteiger partial charge in [-0.15, -0.1) is 11.6 Å². The molecule has 0 radical (unpaired) electrons. The van der Waals surface area contributed by atoms with Crippen LogP contribution in [-0.2, 0) is 6.54 Å². The number of fused-ring (bicyclic) bond motifs is 1. The lowest BCUT2D eigenvalue weighted by Gasteiger charge is -2.06. The monoisotopic (exact) mass is 241 g/mol. The summed E-state index contributed by atoms with van der Waals surface area (Å²) in [6.07, 6.45) is 0.970. The molecule has 0 atom stereocenters. The van der Waals surface area contributed by atoms with Crippen molar-refractivity contribution in [2.75, 3.05) is 5.88 Å². The minimum atomic E-state index is 0.684. The first-order valence-corrected chi connectivity index (χ1v) is 5.96. The summed E-state index contributed by atoms with van der Waals surface area (Å²) in [7, 11) is 0. The molecule has 0 aliphatic heterocycles. The molecule has 0 aliphatic carbocycles. The Labute approximate surface area is 99.6 Å². The maximum absolute atomic E-state index is 6.27. The molecule has 1 aromatic heterocycles. The molecule has 3 heteroatoms. The van der Waals surface area contributed by atoms with Crippen molar-refractivity contribution in [3.05, 3.63) is 35.0 Å². The third-order valence-corrected chi connectivity index (χ3v) is 3.41. The van der Waals surface area contributed by atoms with Gasteiger partial charge in [-0.1, -0.05) is 29.8 Å². The Bertz CT molecular complexity index is 474. The standard InChI is InChI=1S/C12H13Cl2N/c1-9-12(14)10-5-2-3-6-11(10)15(9)8-4-7-13/h2-3,5-6H,4,7-8H2,1H3. The first kappa shape index (κ1) is 10.8. The molecule has 1 aromatic carbocycles. The summed E-state index contributed by atoms with van der Waals surface area (Å²) in [5.41, 5.74) is 2.33. The van der Waals surface area contributed by atoms with Gasteiger partial charge in [0.25, 0.3) is 0 Å². The van der Waals surface area contributed by atoms with Gasteiger partial charge in [0, 0.05) is 29.0 Å². The number of para-hydroxylation sites is 1. The lowest BCUT2D eigenvalue weighted by atomic mass is 10.2. The van der Waals surface area contributed by atoms with Gasteiger partial charge < -0.3 is 4.57 Å². The van der Waals surface area contributed by atoms with Gasteiger partial charge in [-0.05, 0) is 19.4 Å². The second kappa shape index (κ2) is 4.46. The van der Waals surface area contributed by atoms with Gasteiger partial charge in [-0.25, -0.2) is 0 Å². The molecule has 0 N–H and O–H groups in total. The molecule has 0 aliphatic rings. The third kappa shape index (κ3) is 1.86. The SMILES string of the molecule is Cc1c(Cl)c2ccccc2n1CCCCl. The average molecular weight is 242 g/mol. The molecule has 0 spiro atoms. The Hall–Kier alpha value is -0.660. The van der Waals surface area contributed by atoms with Crippen LogP contribution in [0.4, 0.5) is 0 Å². The molecule has 2 rings (SSSR count). The van der Waals surface area contributed by atoms with Gasteiger partial charge in [0.1, 0.15) is 0 Å². The molecule has 0 amide bonds. The van der Waals surface area contributed by atoms with E-state index in [4.69, 9.17) is 23.2 Å². The van der Waals surface area contributed by atoms with E-state index in [2.05, 4.69) is 23.6 Å². The Balaban J connectivity index is 2.56. The lowest BCUT2D eigenvalue weighted by Crippen LogP contribution is -2.00. The van der Waals surface area contributed by atoms with Crippen molar-refractivity contribution in [3.8, 4) is 0 Å². The summed E-state index contributed by atoms with van der Waals surface area (Å²) >= 11 is 12.0. The van der Waals surface area contributed by atoms with E-state index in [0.717, 1.165) is 29.1 Å². The summed E-state index contributed by atoms with van der Waals surface area (Å²) in [6.45, 7) is 2.99. The van der Waals surface area contributed by atoms with E-state index in [-0.39, 0.29) is 0 Å². The maximum Gasteiger partial charge on any atom is 0.0691 e. The van der Waals surface area contributed by atoms with Gasteiger partial charge in [-0.2, -0.15) is 0 Å². The van der Waals surface area contributed by atoms with E-state index in [9.17, 15) is 0 Å². The predicted octanol–water partition coefficient (Wildman–Crippen LogP) is 4.23. The number of alkyl halides is 1. The molecule has 0 bridgehead atoms. The Morgan fingerprint density at radius 3 is 2.73 bits per heavy atom. The summed E-state index contributed by atoms with van der Waals surface area (Å²) in [6, 6.07) is 8.21. The first-order valence-electron chi connectivity index (χ1n) is 5.05. The molecular weight excluding hydrogens is 229 g/mol. The second-order valence-electron chi connectivity index (χ2n) is 3.61. The number of halogens is 2. The lowest BCUT2D eigenvalue weighted by molar-refractivity contribution is 0.689. The topological polar surface area (TPSA) is 4.93 Å². The van der Waals surface area contributed by atoms with Crippen LogP contribution < -0.4 is 0 Å². The van der Waals surface area contributed by atoms with Crippen LogP contribution in [0.15, 0.2) is 24.3 Å². The van der Waals surface area contributed by atoms with Gasteiger partial charge in [-0.3, -0.25) is 0 Å². The number of benzene rings is 1. The molecular formula is C12H13Cl2N. The highest BCUT2D eigenvalue weighted by Gasteiger charge is 2.10. The summed E-state index contributed by atoms with van der Waals surface area (Å²) in [5, 5.41) is 1.99. The van der Waals surface area contributed by atoms with Crippen LogP contribution in [0.2, 0.25) is 5.02 Å². The van der Waals surface area contributed by atoms with Crippen LogP contribution in [0, 0.1) is 6.92 Å². The van der Waals surface area contributed by atoms with Gasteiger partial charge in [0.05, 0.1) is 5.02 Å². The zero-order valence-electron chi connectivity index (χ0n) is 8.63. The normalized spacial score (nSPS) is 11.1. The highest BCUT2D eigenvalue weighted by molar-refractivity contribution is 6.36. The second-order valence-corrected chi connectivity index (χ2v) is 4.37. The Morgan fingerprint density at radius 1 is 1.27 bits per heavy atom. The van der Waals surface area contributed by atoms with Crippen molar-refractivity contribution in [2.45, 2.75) is 19.9 Å². The van der Waals surface area contributed by atoms with E-state index in [1.165, 1.54) is 5.52 Å². The number of nitrogens with zero attached hydrogens (tertiary/aromatic N) is 1. The minimum Gasteiger partial charge on any atom is -0.343 e. The molecule has 1 nitrogen and oxygen atoms in total. The number of hydrogen-bond donors (Lipinski definition) is 0. The highest BCUT2D eigenvalue weighted by atomic mass is 35.5. The fourth-order valence-corrected chi connectivity index (χ4v) is 2.28. The van der Waals surface area contributed by atoms with Gasteiger partial charge in [0.15, 0.2) is 0 Å². The summed E-state index contributed by atoms with van der Waals surface area (Å²) in [4.78, 5) is 0. The van der Waals surface area contributed by atoms with Crippen molar-refractivity contribution in [1.82, 2.24) is 4.57 Å². The predicted molar refractivity (Wildman–Crippen MR) is 67.0 cm³/mol. The van der Waals surface area contributed by atoms with Crippen molar-refractivity contribution >= 4 is 34.1 Å². The largest absolute Gasteiger partial charge is 0.343 e. The van der Waals surface area contributed by atoms with Crippen molar-refractivity contribution in [1.29, 1.82) is 0 Å². The van der Waals surface area contributed by atoms with E-state index in [1.807, 2.05) is 12.1 Å². The van der Waals surface area contributed by atoms with Gasteiger partial charge >= 0.3 is 0 Å². The van der Waals surface area contributed by atoms with E-state index >= 15 is 0 Å². The Morgan fingerprint density at radius 2 is 2.00 bits per heavy atom. The van der Waals surface area contributed by atoms with Gasteiger partial charge in [0.2, 0.25) is 0 Å². The molecule has 2 aromatic rings. The third-order valence-electron chi connectivity index (χ3n) is 2.67. The Kier molecular flexibility index (Phi) is 3.22. The van der Waals surface area contributed by atoms with Crippen LogP contribution in [0.25, 0.3) is 10.9 Å². The number of aromatic nitrogens is 1. The van der Waals surface area contributed by atoms with Crippen LogP contribution >= 0.6 is 23.2 Å². The van der Waals surface area contributed by atoms with Crippen molar-refractivity contribution in [2.24, 2.45) is 0 Å². The van der Waals surface area contributed by atoms with Crippen molar-refractivity contribution < 1.29 is 0 Å². The maximum atomic E-state index is 6.27. The molecule has 0 fully saturated rings. The molecule has 80 valence electrons. The van der Waals surface area contributed by atoms with E-state index in [1.54, 1.807) is 0 Å². The zero-order valence-corrected chi connectivity index (χ0v) is 10.1. The summed E-state index contributed by atoms with van der Waals surface area (Å²) < 4.78 is 2.24. The fraction of sp³-hybridized carbons (Fsp3) is 0.333. The highest BCUT2D eigenvalue weighted by Crippen LogP contribution is 2.30. The molecule has 0 saturated carbocycles. The van der Waals surface area contributed by atoms with Crippen LogP contribution in [0.3, 0.4) is 0 Å². The van der Waals surface area contributed by atoms with Crippen LogP contribution in [0.1, 0.15) is 12.1 Å². The minimum absolute atomic E-state index is 0.684. The molecule has 0 saturated heterocycles. The van der Waals surface area contributed by atoms with Crippen LogP contribution in [0.5, 0.6) is 0 Å². The van der Waals surface area contributed by atoms with Crippen molar-refractivity contribution in [3.63, 3.8) is 0 Å². The van der Waals surface area contributed by atoms with E-state index < -0.39 is 0 Å². The first-order chi connectivity index (χ1) is 7.25. The fourth-order valence-electron chi connectivity index (χ4n) is 1.89. The molecule has 0 unspecified atom stereocenters. The average Bonchev–Trinajstić information content (AvgIpc) is 2.51. The van der Waals surface area contributed by atoms with E-state index in [0.29, 0.717) is 5.88 Å². The number of aryl methyl sites for hydroxylation is 1. The zero-order chi connectivity index (χ0) is 10.8. The quantitative estimate of drug-likeness (QED) is 0.709. The van der Waals surface area contributed by atoms with Crippen LogP contribution in [-0.4, -0.2) is 10.4 Å². The molecule has 15 heavy (non-hydrogen) atoms. The number of hydrogen-bond acceptors (Lipinski definition) is 0. The number of rotatable bonds is 3. The summed E-state index contributed by atoms with van der Waals surface area (Å²) in [5.74, 6) is 0.684. The smallest absolute Gasteiger partial charge is 0.0691 e.